The molecule has 0 atom stereocenters. The van der Waals surface area contributed by atoms with Gasteiger partial charge in [-0.3, -0.25) is 4.79 Å². The summed E-state index contributed by atoms with van der Waals surface area (Å²) in [5.41, 5.74) is 0. The van der Waals surface area contributed by atoms with Crippen LogP contribution in [-0.2, 0) is 11.4 Å². The van der Waals surface area contributed by atoms with Gasteiger partial charge < -0.3 is 5.11 Å². The van der Waals surface area contributed by atoms with Gasteiger partial charge in [-0.1, -0.05) is 17.8 Å². The molecule has 0 aliphatic heterocycles. The number of carbonyl (C=O) groups is 1. The Balaban J connectivity index is 2.28. The molecule has 1 aromatic rings. The van der Waals surface area contributed by atoms with Crippen molar-refractivity contribution in [2.75, 3.05) is 5.75 Å². The molecule has 0 spiro atoms. The van der Waals surface area contributed by atoms with Crippen molar-refractivity contribution in [3.8, 4) is 0 Å². The Hall–Kier alpha value is -0.580. The van der Waals surface area contributed by atoms with Crippen LogP contribution in [0.25, 0.3) is 6.08 Å². The van der Waals surface area contributed by atoms with Crippen molar-refractivity contribution in [3.63, 3.8) is 0 Å². The maximum absolute atomic E-state index is 10.6. The zero-order chi connectivity index (χ0) is 11.1. The number of thioether (sulfide) groups is 1. The predicted molar refractivity (Wildman–Crippen MR) is 67.0 cm³/mol. The van der Waals surface area contributed by atoms with E-state index in [0.717, 1.165) is 21.9 Å². The van der Waals surface area contributed by atoms with E-state index < -0.39 is 0 Å². The van der Waals surface area contributed by atoms with Crippen molar-refractivity contribution >= 4 is 34.3 Å². The molecule has 0 bridgehead atoms. The van der Waals surface area contributed by atoms with Crippen LogP contribution >= 0.6 is 23.1 Å². The third-order valence-corrected chi connectivity index (χ3v) is 3.59. The van der Waals surface area contributed by atoms with Crippen LogP contribution in [0, 0.1) is 0 Å². The van der Waals surface area contributed by atoms with Crippen LogP contribution in [0.2, 0.25) is 0 Å². The van der Waals surface area contributed by atoms with Gasteiger partial charge in [-0.05, 0) is 24.6 Å². The van der Waals surface area contributed by atoms with E-state index >= 15 is 0 Å². The van der Waals surface area contributed by atoms with Crippen LogP contribution in [0.1, 0.15) is 23.1 Å². The molecule has 0 fully saturated rings. The summed E-state index contributed by atoms with van der Waals surface area (Å²) in [5, 5.41) is 9.04. The van der Waals surface area contributed by atoms with Crippen LogP contribution < -0.4 is 0 Å². The highest BCUT2D eigenvalue weighted by Crippen LogP contribution is 2.18. The largest absolute Gasteiger partial charge is 0.391 e. The topological polar surface area (TPSA) is 37.3 Å². The monoisotopic (exact) mass is 242 g/mol. The number of aliphatic hydroxyl groups excluding tert-OH is 1. The molecule has 0 unspecified atom stereocenters. The lowest BCUT2D eigenvalue weighted by molar-refractivity contribution is -0.109. The third kappa shape index (κ3) is 5.16. The Kier molecular flexibility index (Phi) is 5.68. The van der Waals surface area contributed by atoms with Crippen LogP contribution in [0.3, 0.4) is 0 Å². The Morgan fingerprint density at radius 2 is 2.40 bits per heavy atom. The summed E-state index contributed by atoms with van der Waals surface area (Å²) in [6, 6.07) is 3.92. The van der Waals surface area contributed by atoms with Gasteiger partial charge in [0.25, 0.3) is 0 Å². The first-order valence-electron chi connectivity index (χ1n) is 4.72. The number of aliphatic hydroxyl groups is 1. The van der Waals surface area contributed by atoms with Crippen LogP contribution in [0.15, 0.2) is 18.2 Å². The molecule has 0 saturated heterocycles. The summed E-state index contributed by atoms with van der Waals surface area (Å²) in [5.74, 6) is 0.837. The average molecular weight is 242 g/mol. The fourth-order valence-corrected chi connectivity index (χ4v) is 2.38. The molecule has 1 aromatic heterocycles. The molecule has 4 heteroatoms. The van der Waals surface area contributed by atoms with Gasteiger partial charge in [0.05, 0.1) is 6.61 Å². The number of hydrogen-bond donors (Lipinski definition) is 1. The molecule has 15 heavy (non-hydrogen) atoms. The van der Waals surface area contributed by atoms with Crippen molar-refractivity contribution in [1.82, 2.24) is 0 Å². The van der Waals surface area contributed by atoms with Crippen molar-refractivity contribution in [2.24, 2.45) is 0 Å². The quantitative estimate of drug-likeness (QED) is 0.807. The summed E-state index contributed by atoms with van der Waals surface area (Å²) >= 11 is 2.94. The Bertz CT molecular complexity index is 342. The molecule has 0 aliphatic carbocycles. The molecule has 0 aromatic carbocycles. The molecular formula is C11H14O2S2. The smallest absolute Gasteiger partial charge is 0.185 e. The first kappa shape index (κ1) is 12.5. The molecule has 1 heterocycles. The number of hydrogen-bond acceptors (Lipinski definition) is 4. The lowest BCUT2D eigenvalue weighted by Crippen LogP contribution is -1.83. The van der Waals surface area contributed by atoms with E-state index in [4.69, 9.17) is 5.11 Å². The lowest BCUT2D eigenvalue weighted by atomic mass is 10.3. The SMILES string of the molecule is CC(=O)SCCC=Cc1ccc(CO)s1. The summed E-state index contributed by atoms with van der Waals surface area (Å²) < 4.78 is 0. The van der Waals surface area contributed by atoms with Crippen molar-refractivity contribution in [1.29, 1.82) is 0 Å². The zero-order valence-electron chi connectivity index (χ0n) is 8.60. The minimum absolute atomic E-state index is 0.110. The van der Waals surface area contributed by atoms with E-state index in [2.05, 4.69) is 6.08 Å². The molecule has 1 N–H and O–H groups in total. The third-order valence-electron chi connectivity index (χ3n) is 1.71. The van der Waals surface area contributed by atoms with E-state index in [-0.39, 0.29) is 11.7 Å². The van der Waals surface area contributed by atoms with E-state index in [1.165, 1.54) is 11.8 Å². The minimum Gasteiger partial charge on any atom is -0.391 e. The second-order valence-corrected chi connectivity index (χ2v) is 5.47. The van der Waals surface area contributed by atoms with Crippen LogP contribution in [0.5, 0.6) is 0 Å². The molecule has 1 rings (SSSR count). The van der Waals surface area contributed by atoms with Gasteiger partial charge in [-0.2, -0.15) is 0 Å². The van der Waals surface area contributed by atoms with Gasteiger partial charge in [0.2, 0.25) is 0 Å². The fourth-order valence-electron chi connectivity index (χ4n) is 1.04. The number of allylic oxidation sites excluding steroid dienone is 1. The number of carbonyl (C=O) groups excluding carboxylic acids is 1. The molecule has 2 nitrogen and oxygen atoms in total. The highest BCUT2D eigenvalue weighted by Gasteiger charge is 1.95. The Morgan fingerprint density at radius 3 is 3.00 bits per heavy atom. The van der Waals surface area contributed by atoms with E-state index in [0.29, 0.717) is 0 Å². The van der Waals surface area contributed by atoms with Gasteiger partial charge in [-0.15, -0.1) is 11.3 Å². The zero-order valence-corrected chi connectivity index (χ0v) is 10.2. The van der Waals surface area contributed by atoms with Gasteiger partial charge in [0, 0.05) is 22.4 Å². The normalized spacial score (nSPS) is 11.1. The van der Waals surface area contributed by atoms with Gasteiger partial charge in [0.1, 0.15) is 0 Å². The Labute approximate surface area is 98.0 Å². The molecule has 0 aliphatic rings. The number of thiophene rings is 1. The summed E-state index contributed by atoms with van der Waals surface area (Å²) in [6.07, 6.45) is 4.99. The Morgan fingerprint density at radius 1 is 1.60 bits per heavy atom. The van der Waals surface area contributed by atoms with E-state index in [1.807, 2.05) is 18.2 Å². The van der Waals surface area contributed by atoms with Gasteiger partial charge >= 0.3 is 0 Å². The van der Waals surface area contributed by atoms with Crippen molar-refractivity contribution in [3.05, 3.63) is 28.0 Å². The predicted octanol–water partition coefficient (Wildman–Crippen LogP) is 2.92. The first-order valence-corrected chi connectivity index (χ1v) is 6.52. The second kappa shape index (κ2) is 6.82. The average Bonchev–Trinajstić information content (AvgIpc) is 2.65. The van der Waals surface area contributed by atoms with Crippen molar-refractivity contribution < 1.29 is 9.90 Å². The molecular weight excluding hydrogens is 228 g/mol. The van der Waals surface area contributed by atoms with E-state index in [9.17, 15) is 4.79 Å². The maximum Gasteiger partial charge on any atom is 0.185 e. The standard InChI is InChI=1S/C11H14O2S2/c1-9(13)14-7-3-2-4-10-5-6-11(8-12)15-10/h2,4-6,12H,3,7-8H2,1H3. The van der Waals surface area contributed by atoms with E-state index in [1.54, 1.807) is 18.3 Å². The van der Waals surface area contributed by atoms with Crippen LogP contribution in [-0.4, -0.2) is 16.0 Å². The molecule has 0 amide bonds. The molecule has 82 valence electrons. The second-order valence-electron chi connectivity index (χ2n) is 2.99. The summed E-state index contributed by atoms with van der Waals surface area (Å²) in [7, 11) is 0. The van der Waals surface area contributed by atoms with Gasteiger partial charge in [-0.25, -0.2) is 0 Å². The molecule has 0 radical (unpaired) electrons. The van der Waals surface area contributed by atoms with Gasteiger partial charge in [0.15, 0.2) is 5.12 Å². The highest BCUT2D eigenvalue weighted by atomic mass is 32.2. The fraction of sp³-hybridized carbons (Fsp3) is 0.364. The summed E-state index contributed by atoms with van der Waals surface area (Å²) in [6.45, 7) is 1.69. The first-order chi connectivity index (χ1) is 7.22. The maximum atomic E-state index is 10.6. The van der Waals surface area contributed by atoms with Crippen molar-refractivity contribution in [2.45, 2.75) is 20.0 Å². The van der Waals surface area contributed by atoms with Crippen LogP contribution in [0.4, 0.5) is 0 Å². The number of rotatable bonds is 5. The minimum atomic E-state index is 0.110. The summed E-state index contributed by atoms with van der Waals surface area (Å²) in [4.78, 5) is 12.8. The lowest BCUT2D eigenvalue weighted by Gasteiger charge is -1.90. The molecule has 0 saturated carbocycles. The highest BCUT2D eigenvalue weighted by molar-refractivity contribution is 8.13.